The Bertz CT molecular complexity index is 222. The van der Waals surface area contributed by atoms with Crippen LogP contribution in [0.25, 0.3) is 0 Å². The Balaban J connectivity index is 2.28. The van der Waals surface area contributed by atoms with Crippen LogP contribution in [0.5, 0.6) is 0 Å². The molecule has 3 heteroatoms. The minimum absolute atomic E-state index is 0.0284. The van der Waals surface area contributed by atoms with Crippen molar-refractivity contribution < 1.29 is 4.79 Å². The van der Waals surface area contributed by atoms with Gasteiger partial charge in [0.1, 0.15) is 0 Å². The SMILES string of the molecule is CC(NCC(C)C(C)C)C(=O)N1CCCC1. The highest BCUT2D eigenvalue weighted by molar-refractivity contribution is 5.81. The van der Waals surface area contributed by atoms with Crippen molar-refractivity contribution in [2.75, 3.05) is 19.6 Å². The molecular weight excluding hydrogens is 200 g/mol. The molecule has 2 atom stereocenters. The zero-order valence-corrected chi connectivity index (χ0v) is 11.1. The first kappa shape index (κ1) is 13.5. The second-order valence-corrected chi connectivity index (χ2v) is 5.38. The lowest BCUT2D eigenvalue weighted by atomic mass is 9.98. The first-order valence-corrected chi connectivity index (χ1v) is 6.54. The first-order chi connectivity index (χ1) is 7.52. The van der Waals surface area contributed by atoms with E-state index in [4.69, 9.17) is 0 Å². The Hall–Kier alpha value is -0.570. The smallest absolute Gasteiger partial charge is 0.239 e. The molecule has 0 bridgehead atoms. The Labute approximate surface area is 99.6 Å². The van der Waals surface area contributed by atoms with E-state index in [1.807, 2.05) is 11.8 Å². The monoisotopic (exact) mass is 226 g/mol. The summed E-state index contributed by atoms with van der Waals surface area (Å²) < 4.78 is 0. The second kappa shape index (κ2) is 6.24. The summed E-state index contributed by atoms with van der Waals surface area (Å²) in [4.78, 5) is 14.0. The summed E-state index contributed by atoms with van der Waals surface area (Å²) in [5.74, 6) is 1.56. The predicted molar refractivity (Wildman–Crippen MR) is 67.3 cm³/mol. The van der Waals surface area contributed by atoms with Gasteiger partial charge in [-0.05, 0) is 38.1 Å². The summed E-state index contributed by atoms with van der Waals surface area (Å²) in [6, 6.07) is -0.0284. The van der Waals surface area contributed by atoms with Crippen molar-refractivity contribution in [3.05, 3.63) is 0 Å². The first-order valence-electron chi connectivity index (χ1n) is 6.54. The van der Waals surface area contributed by atoms with Gasteiger partial charge in [-0.25, -0.2) is 0 Å². The number of rotatable bonds is 5. The Morgan fingerprint density at radius 2 is 1.75 bits per heavy atom. The summed E-state index contributed by atoms with van der Waals surface area (Å²) in [5.41, 5.74) is 0. The summed E-state index contributed by atoms with van der Waals surface area (Å²) in [7, 11) is 0. The van der Waals surface area contributed by atoms with Gasteiger partial charge in [-0.1, -0.05) is 20.8 Å². The fraction of sp³-hybridized carbons (Fsp3) is 0.923. The van der Waals surface area contributed by atoms with E-state index in [1.54, 1.807) is 0 Å². The van der Waals surface area contributed by atoms with Crippen molar-refractivity contribution in [3.8, 4) is 0 Å². The van der Waals surface area contributed by atoms with Gasteiger partial charge in [-0.3, -0.25) is 4.79 Å². The summed E-state index contributed by atoms with van der Waals surface area (Å²) in [6.07, 6.45) is 2.34. The van der Waals surface area contributed by atoms with E-state index >= 15 is 0 Å². The van der Waals surface area contributed by atoms with Crippen molar-refractivity contribution in [2.24, 2.45) is 11.8 Å². The van der Waals surface area contributed by atoms with E-state index in [-0.39, 0.29) is 11.9 Å². The second-order valence-electron chi connectivity index (χ2n) is 5.38. The van der Waals surface area contributed by atoms with Gasteiger partial charge in [0.2, 0.25) is 5.91 Å². The molecule has 1 N–H and O–H groups in total. The maximum absolute atomic E-state index is 12.0. The Morgan fingerprint density at radius 3 is 2.25 bits per heavy atom. The van der Waals surface area contributed by atoms with Crippen molar-refractivity contribution in [3.63, 3.8) is 0 Å². The third kappa shape index (κ3) is 3.78. The number of carbonyl (C=O) groups excluding carboxylic acids is 1. The zero-order chi connectivity index (χ0) is 12.1. The minimum Gasteiger partial charge on any atom is -0.341 e. The quantitative estimate of drug-likeness (QED) is 0.776. The molecule has 1 aliphatic heterocycles. The molecular formula is C13H26N2O. The van der Waals surface area contributed by atoms with Crippen LogP contribution in [0.4, 0.5) is 0 Å². The summed E-state index contributed by atoms with van der Waals surface area (Å²) >= 11 is 0. The molecule has 2 unspecified atom stereocenters. The number of hydrogen-bond acceptors (Lipinski definition) is 2. The van der Waals surface area contributed by atoms with Crippen LogP contribution >= 0.6 is 0 Å². The molecule has 0 saturated carbocycles. The molecule has 1 rings (SSSR count). The third-order valence-corrected chi connectivity index (χ3v) is 3.67. The molecule has 1 aliphatic rings. The lowest BCUT2D eigenvalue weighted by Gasteiger charge is -2.23. The molecule has 0 aromatic heterocycles. The highest BCUT2D eigenvalue weighted by atomic mass is 16.2. The zero-order valence-electron chi connectivity index (χ0n) is 11.1. The fourth-order valence-electron chi connectivity index (χ4n) is 1.90. The van der Waals surface area contributed by atoms with Gasteiger partial charge in [-0.2, -0.15) is 0 Å². The molecule has 0 aromatic rings. The van der Waals surface area contributed by atoms with Gasteiger partial charge in [0.05, 0.1) is 6.04 Å². The molecule has 3 nitrogen and oxygen atoms in total. The number of carbonyl (C=O) groups is 1. The van der Waals surface area contributed by atoms with Crippen molar-refractivity contribution in [1.29, 1.82) is 0 Å². The Kier molecular flexibility index (Phi) is 5.26. The normalized spacial score (nSPS) is 20.2. The molecule has 1 amide bonds. The summed E-state index contributed by atoms with van der Waals surface area (Å²) in [5, 5.41) is 3.35. The van der Waals surface area contributed by atoms with Gasteiger partial charge in [0, 0.05) is 13.1 Å². The average Bonchev–Trinajstić information content (AvgIpc) is 2.77. The lowest BCUT2D eigenvalue weighted by molar-refractivity contribution is -0.132. The average molecular weight is 226 g/mol. The van der Waals surface area contributed by atoms with Crippen molar-refractivity contribution >= 4 is 5.91 Å². The lowest BCUT2D eigenvalue weighted by Crippen LogP contribution is -2.45. The highest BCUT2D eigenvalue weighted by Crippen LogP contribution is 2.11. The number of amides is 1. The summed E-state index contributed by atoms with van der Waals surface area (Å²) in [6.45, 7) is 11.5. The number of nitrogens with one attached hydrogen (secondary N) is 1. The van der Waals surface area contributed by atoms with E-state index in [2.05, 4.69) is 26.1 Å². The molecule has 0 aliphatic carbocycles. The van der Waals surface area contributed by atoms with Gasteiger partial charge in [-0.15, -0.1) is 0 Å². The fourth-order valence-corrected chi connectivity index (χ4v) is 1.90. The largest absolute Gasteiger partial charge is 0.341 e. The van der Waals surface area contributed by atoms with Crippen molar-refractivity contribution in [2.45, 2.75) is 46.6 Å². The molecule has 0 spiro atoms. The number of hydrogen-bond donors (Lipinski definition) is 1. The number of likely N-dealkylation sites (tertiary alicyclic amines) is 1. The van der Waals surface area contributed by atoms with Crippen LogP contribution in [0.1, 0.15) is 40.5 Å². The van der Waals surface area contributed by atoms with Crippen LogP contribution in [0, 0.1) is 11.8 Å². The van der Waals surface area contributed by atoms with Gasteiger partial charge in [0.25, 0.3) is 0 Å². The van der Waals surface area contributed by atoms with Gasteiger partial charge >= 0.3 is 0 Å². The van der Waals surface area contributed by atoms with Gasteiger partial charge in [0.15, 0.2) is 0 Å². The van der Waals surface area contributed by atoms with E-state index < -0.39 is 0 Å². The van der Waals surface area contributed by atoms with Crippen LogP contribution < -0.4 is 5.32 Å². The Morgan fingerprint density at radius 1 is 1.19 bits per heavy atom. The molecule has 94 valence electrons. The predicted octanol–water partition coefficient (Wildman–Crippen LogP) is 1.88. The third-order valence-electron chi connectivity index (χ3n) is 3.67. The van der Waals surface area contributed by atoms with E-state index in [9.17, 15) is 4.79 Å². The van der Waals surface area contributed by atoms with Crippen LogP contribution in [0.2, 0.25) is 0 Å². The molecule has 1 fully saturated rings. The highest BCUT2D eigenvalue weighted by Gasteiger charge is 2.23. The van der Waals surface area contributed by atoms with Crippen LogP contribution in [-0.4, -0.2) is 36.5 Å². The van der Waals surface area contributed by atoms with Crippen molar-refractivity contribution in [1.82, 2.24) is 10.2 Å². The maximum atomic E-state index is 12.0. The number of nitrogens with zero attached hydrogens (tertiary/aromatic N) is 1. The van der Waals surface area contributed by atoms with Gasteiger partial charge < -0.3 is 10.2 Å². The van der Waals surface area contributed by atoms with E-state index in [0.29, 0.717) is 11.8 Å². The van der Waals surface area contributed by atoms with Crippen LogP contribution in [0.15, 0.2) is 0 Å². The van der Waals surface area contributed by atoms with Crippen LogP contribution in [-0.2, 0) is 4.79 Å². The minimum atomic E-state index is -0.0284. The van der Waals surface area contributed by atoms with E-state index in [1.165, 1.54) is 12.8 Å². The molecule has 1 heterocycles. The topological polar surface area (TPSA) is 32.3 Å². The molecule has 1 saturated heterocycles. The standard InChI is InChI=1S/C13H26N2O/c1-10(2)11(3)9-14-12(4)13(16)15-7-5-6-8-15/h10-12,14H,5-9H2,1-4H3. The maximum Gasteiger partial charge on any atom is 0.239 e. The van der Waals surface area contributed by atoms with E-state index in [0.717, 1.165) is 19.6 Å². The molecule has 16 heavy (non-hydrogen) atoms. The molecule has 0 radical (unpaired) electrons. The van der Waals surface area contributed by atoms with Crippen LogP contribution in [0.3, 0.4) is 0 Å². The molecule has 0 aromatic carbocycles.